The summed E-state index contributed by atoms with van der Waals surface area (Å²) >= 11 is 0. The zero-order valence-electron chi connectivity index (χ0n) is 11.3. The standard InChI is InChI=1S/C14H17N3O3/c1-2-5-17(12-9-20-8-11(12)14(18)19)13-4-3-10(6-15)7-16-13/h3-4,7,11-12H,2,5,8-9H2,1H3,(H,18,19). The quantitative estimate of drug-likeness (QED) is 0.870. The van der Waals surface area contributed by atoms with Crippen molar-refractivity contribution >= 4 is 11.8 Å². The van der Waals surface area contributed by atoms with Gasteiger partial charge in [0.15, 0.2) is 0 Å². The average Bonchev–Trinajstić information content (AvgIpc) is 2.94. The Kier molecular flexibility index (Phi) is 4.53. The lowest BCUT2D eigenvalue weighted by molar-refractivity contribution is -0.141. The summed E-state index contributed by atoms with van der Waals surface area (Å²) in [6.45, 7) is 3.36. The van der Waals surface area contributed by atoms with E-state index in [0.717, 1.165) is 6.42 Å². The van der Waals surface area contributed by atoms with Crippen molar-refractivity contribution in [2.24, 2.45) is 5.92 Å². The number of carbonyl (C=O) groups is 1. The number of rotatable bonds is 5. The zero-order valence-corrected chi connectivity index (χ0v) is 11.3. The zero-order chi connectivity index (χ0) is 14.5. The Bertz CT molecular complexity index is 509. The SMILES string of the molecule is CCCN(c1ccc(C#N)cn1)C1COCC1C(=O)O. The van der Waals surface area contributed by atoms with Crippen molar-refractivity contribution in [3.05, 3.63) is 23.9 Å². The highest BCUT2D eigenvalue weighted by molar-refractivity contribution is 5.72. The minimum Gasteiger partial charge on any atom is -0.481 e. The van der Waals surface area contributed by atoms with Crippen LogP contribution >= 0.6 is 0 Å². The van der Waals surface area contributed by atoms with Gasteiger partial charge in [-0.25, -0.2) is 4.98 Å². The second-order valence-corrected chi connectivity index (χ2v) is 4.76. The molecule has 1 aromatic rings. The van der Waals surface area contributed by atoms with E-state index in [9.17, 15) is 9.90 Å². The number of hydrogen-bond donors (Lipinski definition) is 1. The second kappa shape index (κ2) is 6.35. The molecule has 1 saturated heterocycles. The molecule has 1 fully saturated rings. The third-order valence-corrected chi connectivity index (χ3v) is 3.40. The van der Waals surface area contributed by atoms with E-state index in [1.165, 1.54) is 6.20 Å². The lowest BCUT2D eigenvalue weighted by Crippen LogP contribution is -2.44. The van der Waals surface area contributed by atoms with E-state index in [4.69, 9.17) is 10.00 Å². The number of nitrogens with zero attached hydrogens (tertiary/aromatic N) is 3. The average molecular weight is 275 g/mol. The first-order chi connectivity index (χ1) is 9.67. The molecule has 0 bridgehead atoms. The molecular weight excluding hydrogens is 258 g/mol. The highest BCUT2D eigenvalue weighted by Gasteiger charge is 2.38. The van der Waals surface area contributed by atoms with Crippen LogP contribution in [0.1, 0.15) is 18.9 Å². The number of nitriles is 1. The smallest absolute Gasteiger partial charge is 0.311 e. The van der Waals surface area contributed by atoms with Gasteiger partial charge in [0.25, 0.3) is 0 Å². The number of hydrogen-bond acceptors (Lipinski definition) is 5. The van der Waals surface area contributed by atoms with Crippen LogP contribution in [-0.2, 0) is 9.53 Å². The number of aromatic nitrogens is 1. The van der Waals surface area contributed by atoms with Gasteiger partial charge in [-0.3, -0.25) is 4.79 Å². The Hall–Kier alpha value is -2.13. The third kappa shape index (κ3) is 2.89. The molecule has 0 radical (unpaired) electrons. The summed E-state index contributed by atoms with van der Waals surface area (Å²) < 4.78 is 5.32. The molecule has 1 aliphatic heterocycles. The van der Waals surface area contributed by atoms with Gasteiger partial charge in [-0.2, -0.15) is 5.26 Å². The van der Waals surface area contributed by atoms with Crippen LogP contribution in [0, 0.1) is 17.2 Å². The van der Waals surface area contributed by atoms with Crippen LogP contribution in [-0.4, -0.2) is 41.9 Å². The summed E-state index contributed by atoms with van der Waals surface area (Å²) in [5.41, 5.74) is 0.489. The van der Waals surface area contributed by atoms with Gasteiger partial charge in [-0.15, -0.1) is 0 Å². The largest absolute Gasteiger partial charge is 0.481 e. The van der Waals surface area contributed by atoms with Crippen molar-refractivity contribution < 1.29 is 14.6 Å². The Labute approximate surface area is 117 Å². The van der Waals surface area contributed by atoms with Crippen molar-refractivity contribution in [3.63, 3.8) is 0 Å². The lowest BCUT2D eigenvalue weighted by Gasteiger charge is -2.31. The van der Waals surface area contributed by atoms with Crippen molar-refractivity contribution in [3.8, 4) is 6.07 Å². The number of carboxylic acid groups (broad SMARTS) is 1. The molecule has 0 aliphatic carbocycles. The predicted molar refractivity (Wildman–Crippen MR) is 72.3 cm³/mol. The van der Waals surface area contributed by atoms with Crippen LogP contribution in [0.15, 0.2) is 18.3 Å². The summed E-state index contributed by atoms with van der Waals surface area (Å²) in [6, 6.07) is 5.25. The van der Waals surface area contributed by atoms with Gasteiger partial charge in [-0.05, 0) is 18.6 Å². The Balaban J connectivity index is 2.25. The number of carboxylic acids is 1. The monoisotopic (exact) mass is 275 g/mol. The van der Waals surface area contributed by atoms with E-state index in [2.05, 4.69) is 4.98 Å². The maximum Gasteiger partial charge on any atom is 0.311 e. The predicted octanol–water partition coefficient (Wildman–Crippen LogP) is 1.27. The number of ether oxygens (including phenoxy) is 1. The Morgan fingerprint density at radius 1 is 1.60 bits per heavy atom. The lowest BCUT2D eigenvalue weighted by atomic mass is 10.0. The van der Waals surface area contributed by atoms with Gasteiger partial charge < -0.3 is 14.7 Å². The summed E-state index contributed by atoms with van der Waals surface area (Å²) in [5, 5.41) is 18.1. The highest BCUT2D eigenvalue weighted by atomic mass is 16.5. The molecule has 2 atom stereocenters. The molecule has 1 aliphatic rings. The number of anilines is 1. The fourth-order valence-electron chi connectivity index (χ4n) is 2.40. The maximum atomic E-state index is 11.3. The molecule has 6 nitrogen and oxygen atoms in total. The van der Waals surface area contributed by atoms with Crippen LogP contribution in [0.4, 0.5) is 5.82 Å². The molecule has 0 spiro atoms. The van der Waals surface area contributed by atoms with Gasteiger partial charge in [-0.1, -0.05) is 6.92 Å². The molecule has 1 aromatic heterocycles. The van der Waals surface area contributed by atoms with Crippen LogP contribution in [0.5, 0.6) is 0 Å². The molecule has 0 aromatic carbocycles. The van der Waals surface area contributed by atoms with Gasteiger partial charge in [0.2, 0.25) is 0 Å². The van der Waals surface area contributed by atoms with Gasteiger partial charge >= 0.3 is 5.97 Å². The highest BCUT2D eigenvalue weighted by Crippen LogP contribution is 2.25. The molecule has 106 valence electrons. The van der Waals surface area contributed by atoms with Crippen LogP contribution in [0.25, 0.3) is 0 Å². The van der Waals surface area contributed by atoms with Crippen molar-refractivity contribution in [2.45, 2.75) is 19.4 Å². The van der Waals surface area contributed by atoms with Crippen molar-refractivity contribution in [2.75, 3.05) is 24.7 Å². The molecule has 0 saturated carbocycles. The van der Waals surface area contributed by atoms with E-state index in [0.29, 0.717) is 24.5 Å². The molecule has 20 heavy (non-hydrogen) atoms. The van der Waals surface area contributed by atoms with Crippen LogP contribution in [0.2, 0.25) is 0 Å². The van der Waals surface area contributed by atoms with E-state index in [-0.39, 0.29) is 12.6 Å². The van der Waals surface area contributed by atoms with Gasteiger partial charge in [0.1, 0.15) is 17.8 Å². The van der Waals surface area contributed by atoms with E-state index in [1.807, 2.05) is 17.9 Å². The molecule has 1 N–H and O–H groups in total. The number of pyridine rings is 1. The molecular formula is C14H17N3O3. The summed E-state index contributed by atoms with van der Waals surface area (Å²) in [4.78, 5) is 17.5. The minimum atomic E-state index is -0.845. The molecule has 0 amide bonds. The van der Waals surface area contributed by atoms with E-state index < -0.39 is 11.9 Å². The first kappa shape index (κ1) is 14.3. The van der Waals surface area contributed by atoms with Crippen molar-refractivity contribution in [1.82, 2.24) is 4.98 Å². The summed E-state index contributed by atoms with van der Waals surface area (Å²) in [7, 11) is 0. The maximum absolute atomic E-state index is 11.3. The minimum absolute atomic E-state index is 0.215. The Morgan fingerprint density at radius 3 is 2.95 bits per heavy atom. The van der Waals surface area contributed by atoms with E-state index >= 15 is 0 Å². The Morgan fingerprint density at radius 2 is 2.40 bits per heavy atom. The van der Waals surface area contributed by atoms with Gasteiger partial charge in [0, 0.05) is 12.7 Å². The topological polar surface area (TPSA) is 86.5 Å². The normalized spacial score (nSPS) is 21.4. The summed E-state index contributed by atoms with van der Waals surface area (Å²) in [5.74, 6) is -0.700. The molecule has 2 rings (SSSR count). The van der Waals surface area contributed by atoms with Crippen LogP contribution in [0.3, 0.4) is 0 Å². The fourth-order valence-corrected chi connectivity index (χ4v) is 2.40. The third-order valence-electron chi connectivity index (χ3n) is 3.40. The van der Waals surface area contributed by atoms with Crippen LogP contribution < -0.4 is 4.90 Å². The number of aliphatic carboxylic acids is 1. The first-order valence-electron chi connectivity index (χ1n) is 6.60. The van der Waals surface area contributed by atoms with E-state index in [1.54, 1.807) is 12.1 Å². The molecule has 2 heterocycles. The second-order valence-electron chi connectivity index (χ2n) is 4.76. The fraction of sp³-hybridized carbons (Fsp3) is 0.500. The molecule has 2 unspecified atom stereocenters. The van der Waals surface area contributed by atoms with Crippen molar-refractivity contribution in [1.29, 1.82) is 5.26 Å². The first-order valence-corrected chi connectivity index (χ1v) is 6.60. The van der Waals surface area contributed by atoms with Gasteiger partial charge in [0.05, 0.1) is 24.8 Å². The molecule has 6 heteroatoms. The summed E-state index contributed by atoms with van der Waals surface area (Å²) in [6.07, 6.45) is 2.38.